The Bertz CT molecular complexity index is 1210. The maximum absolute atomic E-state index is 13.6. The third-order valence-corrected chi connectivity index (χ3v) is 7.36. The van der Waals surface area contributed by atoms with Crippen molar-refractivity contribution in [3.8, 4) is 23.7 Å². The zero-order chi connectivity index (χ0) is 22.9. The van der Waals surface area contributed by atoms with Crippen LogP contribution in [-0.2, 0) is 0 Å². The van der Waals surface area contributed by atoms with Crippen molar-refractivity contribution in [3.05, 3.63) is 70.0 Å². The van der Waals surface area contributed by atoms with Gasteiger partial charge in [-0.15, -0.1) is 16.6 Å². The molecule has 1 aliphatic heterocycles. The molecule has 2 fully saturated rings. The van der Waals surface area contributed by atoms with Crippen molar-refractivity contribution < 1.29 is 4.79 Å². The van der Waals surface area contributed by atoms with Crippen molar-refractivity contribution in [2.75, 3.05) is 13.1 Å². The number of likely N-dealkylation sites (tertiary alicyclic amines) is 1. The summed E-state index contributed by atoms with van der Waals surface area (Å²) < 4.78 is 0. The first-order valence-corrected chi connectivity index (χ1v) is 11.9. The summed E-state index contributed by atoms with van der Waals surface area (Å²) >= 11 is 0. The second kappa shape index (κ2) is 8.86. The Morgan fingerprint density at radius 2 is 1.76 bits per heavy atom. The Morgan fingerprint density at radius 3 is 2.33 bits per heavy atom. The predicted molar refractivity (Wildman–Crippen MR) is 130 cm³/mol. The van der Waals surface area contributed by atoms with Crippen molar-refractivity contribution in [1.82, 2.24) is 20.1 Å². The van der Waals surface area contributed by atoms with Gasteiger partial charge in [0, 0.05) is 29.8 Å². The van der Waals surface area contributed by atoms with Crippen molar-refractivity contribution in [3.63, 3.8) is 0 Å². The Morgan fingerprint density at radius 1 is 1.03 bits per heavy atom. The van der Waals surface area contributed by atoms with Crippen molar-refractivity contribution >= 4 is 5.91 Å². The highest BCUT2D eigenvalue weighted by Crippen LogP contribution is 2.42. The van der Waals surface area contributed by atoms with Gasteiger partial charge in [0.15, 0.2) is 5.82 Å². The number of nitrogens with zero attached hydrogens (tertiary/aromatic N) is 3. The maximum Gasteiger partial charge on any atom is 0.254 e. The number of rotatable bonds is 4. The van der Waals surface area contributed by atoms with Crippen LogP contribution in [0.1, 0.15) is 82.4 Å². The molecule has 5 nitrogen and oxygen atoms in total. The lowest BCUT2D eigenvalue weighted by molar-refractivity contribution is 0.0712. The molecule has 3 aromatic rings. The molecule has 1 aliphatic carbocycles. The molecule has 1 aromatic heterocycles. The lowest BCUT2D eigenvalue weighted by atomic mass is 9.77. The lowest BCUT2D eigenvalue weighted by Gasteiger charge is -2.33. The Balaban J connectivity index is 1.36. The standard InChI is InChI=1S/C28H30N4O/c1-4-20-8-10-21(11-9-20)22-12-14-32(15-13-22)28(33)24-17-26(27-29-19(3)30-31-27)25(16-18(24)2)23-6-5-7-23/h1,8-11,16-17,22-23H,5-7,12-15H2,2-3H3,(H,29,30,31). The molecule has 1 saturated heterocycles. The molecule has 5 rings (SSSR count). The minimum absolute atomic E-state index is 0.117. The molecule has 0 radical (unpaired) electrons. The number of nitrogens with one attached hydrogen (secondary N) is 1. The van der Waals surface area contributed by atoms with Crippen LogP contribution < -0.4 is 0 Å². The summed E-state index contributed by atoms with van der Waals surface area (Å²) in [6.07, 6.45) is 11.1. The molecule has 0 unspecified atom stereocenters. The fraction of sp³-hybridized carbons (Fsp3) is 0.393. The largest absolute Gasteiger partial charge is 0.339 e. The molecule has 5 heteroatoms. The van der Waals surface area contributed by atoms with E-state index in [1.807, 2.05) is 24.0 Å². The zero-order valence-electron chi connectivity index (χ0n) is 19.4. The van der Waals surface area contributed by atoms with E-state index in [4.69, 9.17) is 6.42 Å². The van der Waals surface area contributed by atoms with Gasteiger partial charge in [0.2, 0.25) is 0 Å². The number of carbonyl (C=O) groups excluding carboxylic acids is 1. The van der Waals surface area contributed by atoms with Gasteiger partial charge in [-0.05, 0) is 86.3 Å². The number of hydrogen-bond acceptors (Lipinski definition) is 3. The number of aromatic amines is 1. The summed E-state index contributed by atoms with van der Waals surface area (Å²) in [6.45, 7) is 5.50. The fourth-order valence-corrected chi connectivity index (χ4v) is 5.13. The van der Waals surface area contributed by atoms with Crippen LogP contribution in [0, 0.1) is 26.2 Å². The molecule has 1 amide bonds. The molecule has 33 heavy (non-hydrogen) atoms. The minimum Gasteiger partial charge on any atom is -0.339 e. The van der Waals surface area contributed by atoms with Crippen LogP contribution >= 0.6 is 0 Å². The maximum atomic E-state index is 13.6. The average molecular weight is 439 g/mol. The first-order chi connectivity index (χ1) is 16.0. The SMILES string of the molecule is C#Cc1ccc(C2CCN(C(=O)c3cc(-c4nnc(C)[nH]4)c(C4CCC4)cc3C)CC2)cc1. The fourth-order valence-electron chi connectivity index (χ4n) is 5.13. The molecule has 1 N–H and O–H groups in total. The van der Waals surface area contributed by atoms with E-state index in [0.717, 1.165) is 59.8 Å². The van der Waals surface area contributed by atoms with Crippen molar-refractivity contribution in [2.45, 2.75) is 57.8 Å². The van der Waals surface area contributed by atoms with Gasteiger partial charge in [-0.2, -0.15) is 0 Å². The highest BCUT2D eigenvalue weighted by atomic mass is 16.2. The monoisotopic (exact) mass is 438 g/mol. The van der Waals surface area contributed by atoms with Crippen molar-refractivity contribution in [2.24, 2.45) is 0 Å². The van der Waals surface area contributed by atoms with E-state index in [9.17, 15) is 4.79 Å². The van der Waals surface area contributed by atoms with Crippen LogP contribution in [0.15, 0.2) is 36.4 Å². The number of amides is 1. The molecule has 1 saturated carbocycles. The molecule has 2 aliphatic rings. The summed E-state index contributed by atoms with van der Waals surface area (Å²) in [6, 6.07) is 12.5. The topological polar surface area (TPSA) is 61.9 Å². The zero-order valence-corrected chi connectivity index (χ0v) is 19.4. The van der Waals surface area contributed by atoms with Gasteiger partial charge in [0.1, 0.15) is 5.82 Å². The summed E-state index contributed by atoms with van der Waals surface area (Å²) in [5, 5.41) is 8.50. The summed E-state index contributed by atoms with van der Waals surface area (Å²) in [4.78, 5) is 18.8. The van der Waals surface area contributed by atoms with Crippen LogP contribution in [0.3, 0.4) is 0 Å². The van der Waals surface area contributed by atoms with E-state index < -0.39 is 0 Å². The van der Waals surface area contributed by atoms with Crippen LogP contribution in [0.5, 0.6) is 0 Å². The number of terminal acetylenes is 1. The molecule has 0 spiro atoms. The molecule has 0 bridgehead atoms. The van der Waals surface area contributed by atoms with Crippen LogP contribution in [-0.4, -0.2) is 39.1 Å². The number of aryl methyl sites for hydroxylation is 2. The van der Waals surface area contributed by atoms with E-state index in [0.29, 0.717) is 11.8 Å². The van der Waals surface area contributed by atoms with Gasteiger partial charge in [-0.3, -0.25) is 4.79 Å². The summed E-state index contributed by atoms with van der Waals surface area (Å²) in [5.41, 5.74) is 6.36. The number of piperidine rings is 1. The number of carbonyl (C=O) groups is 1. The first kappa shape index (κ1) is 21.5. The minimum atomic E-state index is 0.117. The molecule has 168 valence electrons. The third-order valence-electron chi connectivity index (χ3n) is 7.36. The number of aromatic nitrogens is 3. The van der Waals surface area contributed by atoms with Gasteiger partial charge in [0.05, 0.1) is 0 Å². The first-order valence-electron chi connectivity index (χ1n) is 11.9. The van der Waals surface area contributed by atoms with Gasteiger partial charge < -0.3 is 9.88 Å². The summed E-state index contributed by atoms with van der Waals surface area (Å²) in [5.74, 6) is 5.36. The quantitative estimate of drug-likeness (QED) is 0.558. The summed E-state index contributed by atoms with van der Waals surface area (Å²) in [7, 11) is 0. The van der Waals surface area contributed by atoms with Gasteiger partial charge in [0.25, 0.3) is 5.91 Å². The van der Waals surface area contributed by atoms with Gasteiger partial charge >= 0.3 is 0 Å². The highest BCUT2D eigenvalue weighted by Gasteiger charge is 2.29. The second-order valence-electron chi connectivity index (χ2n) is 9.47. The average Bonchev–Trinajstić information content (AvgIpc) is 3.24. The molecule has 2 aromatic carbocycles. The van der Waals surface area contributed by atoms with Crippen LogP contribution in [0.2, 0.25) is 0 Å². The number of H-pyrrole nitrogens is 1. The normalized spacial score (nSPS) is 16.9. The Labute approximate surface area is 195 Å². The molecule has 2 heterocycles. The second-order valence-corrected chi connectivity index (χ2v) is 9.47. The van der Waals surface area contributed by atoms with Gasteiger partial charge in [-0.25, -0.2) is 0 Å². The van der Waals surface area contributed by atoms with Crippen LogP contribution in [0.4, 0.5) is 0 Å². The van der Waals surface area contributed by atoms with Crippen LogP contribution in [0.25, 0.3) is 11.4 Å². The predicted octanol–water partition coefficient (Wildman–Crippen LogP) is 5.36. The Kier molecular flexibility index (Phi) is 5.76. The van der Waals surface area contributed by atoms with E-state index in [1.165, 1.54) is 30.4 Å². The number of hydrogen-bond donors (Lipinski definition) is 1. The number of benzene rings is 2. The van der Waals surface area contributed by atoms with Crippen molar-refractivity contribution in [1.29, 1.82) is 0 Å². The van der Waals surface area contributed by atoms with Gasteiger partial charge in [-0.1, -0.05) is 30.5 Å². The molecular formula is C28H30N4O. The van der Waals surface area contributed by atoms with E-state index >= 15 is 0 Å². The smallest absolute Gasteiger partial charge is 0.254 e. The molecular weight excluding hydrogens is 408 g/mol. The highest BCUT2D eigenvalue weighted by molar-refractivity contribution is 5.97. The third kappa shape index (κ3) is 4.18. The van der Waals surface area contributed by atoms with E-state index in [1.54, 1.807) is 0 Å². The van der Waals surface area contributed by atoms with E-state index in [-0.39, 0.29) is 5.91 Å². The Hall–Kier alpha value is -3.39. The lowest BCUT2D eigenvalue weighted by Crippen LogP contribution is -2.38. The molecule has 0 atom stereocenters. The van der Waals surface area contributed by atoms with E-state index in [2.05, 4.69) is 52.3 Å².